The van der Waals surface area contributed by atoms with Crippen LogP contribution in [-0.2, 0) is 19.5 Å². The molecule has 1 saturated carbocycles. The van der Waals surface area contributed by atoms with E-state index < -0.39 is 0 Å². The average molecular weight is 298 g/mol. The van der Waals surface area contributed by atoms with Gasteiger partial charge in [-0.1, -0.05) is 32.4 Å². The van der Waals surface area contributed by atoms with Gasteiger partial charge in [0.15, 0.2) is 0 Å². The molecule has 1 N–H and O–H groups in total. The first-order valence-corrected chi connectivity index (χ1v) is 8.41. The van der Waals surface area contributed by atoms with Gasteiger partial charge in [0.1, 0.15) is 0 Å². The second-order valence-corrected chi connectivity index (χ2v) is 6.64. The van der Waals surface area contributed by atoms with Crippen molar-refractivity contribution < 1.29 is 0 Å². The average Bonchev–Trinajstić information content (AvgIpc) is 2.74. The minimum absolute atomic E-state index is 0.618. The Labute approximate surface area is 128 Å². The number of aromatic nitrogens is 2. The second kappa shape index (κ2) is 6.95. The Morgan fingerprint density at radius 2 is 2.05 bits per heavy atom. The van der Waals surface area contributed by atoms with Crippen LogP contribution in [0.2, 0.25) is 5.02 Å². The molecule has 1 aromatic rings. The number of nitrogens with one attached hydrogen (secondary N) is 1. The molecule has 0 amide bonds. The Kier molecular flexibility index (Phi) is 5.50. The quantitative estimate of drug-likeness (QED) is 0.889. The monoisotopic (exact) mass is 297 g/mol. The van der Waals surface area contributed by atoms with Gasteiger partial charge in [-0.15, -0.1) is 0 Å². The highest BCUT2D eigenvalue weighted by Crippen LogP contribution is 2.29. The summed E-state index contributed by atoms with van der Waals surface area (Å²) in [6, 6.07) is 0.618. The third-order valence-corrected chi connectivity index (χ3v) is 5.09. The van der Waals surface area contributed by atoms with Crippen LogP contribution in [0.4, 0.5) is 0 Å². The summed E-state index contributed by atoms with van der Waals surface area (Å²) in [5.74, 6) is 1.63. The Morgan fingerprint density at radius 3 is 2.65 bits per heavy atom. The number of hydrogen-bond donors (Lipinski definition) is 1. The molecular weight excluding hydrogens is 270 g/mol. The van der Waals surface area contributed by atoms with Crippen LogP contribution >= 0.6 is 11.6 Å². The molecule has 2 rings (SSSR count). The van der Waals surface area contributed by atoms with Crippen LogP contribution in [0.25, 0.3) is 0 Å². The largest absolute Gasteiger partial charge is 0.308 e. The number of hydrogen-bond acceptors (Lipinski definition) is 2. The Bertz CT molecular complexity index is 441. The highest BCUT2D eigenvalue weighted by molar-refractivity contribution is 6.31. The summed E-state index contributed by atoms with van der Waals surface area (Å²) >= 11 is 6.46. The van der Waals surface area contributed by atoms with Crippen molar-refractivity contribution in [1.82, 2.24) is 15.1 Å². The topological polar surface area (TPSA) is 29.9 Å². The van der Waals surface area contributed by atoms with Crippen molar-refractivity contribution in [3.63, 3.8) is 0 Å². The first-order valence-electron chi connectivity index (χ1n) is 8.04. The zero-order valence-corrected chi connectivity index (χ0v) is 14.0. The molecule has 0 saturated heterocycles. The summed E-state index contributed by atoms with van der Waals surface area (Å²) in [6.45, 7) is 10.7. The molecule has 3 nitrogen and oxygen atoms in total. The minimum atomic E-state index is 0.618. The molecule has 1 aliphatic rings. The summed E-state index contributed by atoms with van der Waals surface area (Å²) in [5.41, 5.74) is 2.17. The van der Waals surface area contributed by atoms with Crippen LogP contribution in [0.5, 0.6) is 0 Å². The van der Waals surface area contributed by atoms with Crippen molar-refractivity contribution in [3.05, 3.63) is 16.4 Å². The van der Waals surface area contributed by atoms with E-state index in [1.54, 1.807) is 0 Å². The van der Waals surface area contributed by atoms with E-state index in [1.807, 2.05) is 4.68 Å². The smallest absolute Gasteiger partial charge is 0.0863 e. The van der Waals surface area contributed by atoms with Crippen LogP contribution in [0, 0.1) is 11.8 Å². The molecule has 1 aliphatic carbocycles. The van der Waals surface area contributed by atoms with Crippen molar-refractivity contribution in [2.45, 2.75) is 72.5 Å². The Morgan fingerprint density at radius 1 is 1.30 bits per heavy atom. The van der Waals surface area contributed by atoms with Crippen LogP contribution in [0.15, 0.2) is 0 Å². The van der Waals surface area contributed by atoms with Crippen LogP contribution < -0.4 is 5.32 Å². The van der Waals surface area contributed by atoms with Gasteiger partial charge in [0, 0.05) is 19.1 Å². The lowest BCUT2D eigenvalue weighted by Gasteiger charge is -2.33. The summed E-state index contributed by atoms with van der Waals surface area (Å²) in [6.07, 6.45) is 4.85. The highest BCUT2D eigenvalue weighted by Gasteiger charge is 2.25. The number of aryl methyl sites for hydroxylation is 2. The van der Waals surface area contributed by atoms with Crippen LogP contribution in [-0.4, -0.2) is 15.8 Å². The summed E-state index contributed by atoms with van der Waals surface area (Å²) in [4.78, 5) is 0. The van der Waals surface area contributed by atoms with Gasteiger partial charge in [0.05, 0.1) is 16.4 Å². The van der Waals surface area contributed by atoms with Gasteiger partial charge in [-0.25, -0.2) is 0 Å². The van der Waals surface area contributed by atoms with E-state index in [-0.39, 0.29) is 0 Å². The number of halogens is 1. The van der Waals surface area contributed by atoms with E-state index in [4.69, 9.17) is 11.6 Å². The first kappa shape index (κ1) is 15.8. The Hall–Kier alpha value is -0.540. The normalized spacial score (nSPS) is 26.9. The van der Waals surface area contributed by atoms with E-state index >= 15 is 0 Å². The molecule has 1 fully saturated rings. The lowest BCUT2D eigenvalue weighted by Crippen LogP contribution is -2.39. The zero-order valence-electron chi connectivity index (χ0n) is 13.2. The molecule has 1 aromatic heterocycles. The molecule has 1 heterocycles. The predicted molar refractivity (Wildman–Crippen MR) is 85.1 cm³/mol. The molecule has 0 spiro atoms. The molecule has 0 bridgehead atoms. The summed E-state index contributed by atoms with van der Waals surface area (Å²) in [7, 11) is 0. The van der Waals surface area contributed by atoms with Crippen molar-refractivity contribution >= 4 is 11.6 Å². The molecule has 0 aliphatic heterocycles. The summed E-state index contributed by atoms with van der Waals surface area (Å²) in [5, 5.41) is 9.16. The standard InChI is InChI=1S/C16H28ClN3/c1-5-13-16(17)15(20(6-2)19-13)10-18-14-8-7-11(3)9-12(14)4/h11-12,14,18H,5-10H2,1-4H3. The van der Waals surface area contributed by atoms with Crippen molar-refractivity contribution in [2.75, 3.05) is 0 Å². The SMILES string of the molecule is CCc1nn(CC)c(CNC2CCC(C)CC2C)c1Cl. The van der Waals surface area contributed by atoms with Crippen LogP contribution in [0.3, 0.4) is 0 Å². The van der Waals surface area contributed by atoms with Crippen molar-refractivity contribution in [3.8, 4) is 0 Å². The van der Waals surface area contributed by atoms with Crippen LogP contribution in [0.1, 0.15) is 58.3 Å². The first-order chi connectivity index (χ1) is 9.56. The molecule has 3 atom stereocenters. The van der Waals surface area contributed by atoms with Gasteiger partial charge < -0.3 is 5.32 Å². The third kappa shape index (κ3) is 3.37. The van der Waals surface area contributed by atoms with E-state index in [0.717, 1.165) is 47.8 Å². The molecule has 20 heavy (non-hydrogen) atoms. The Balaban J connectivity index is 2.02. The molecule has 0 aromatic carbocycles. The molecule has 0 radical (unpaired) electrons. The fourth-order valence-corrected chi connectivity index (χ4v) is 3.72. The minimum Gasteiger partial charge on any atom is -0.308 e. The predicted octanol–water partition coefficient (Wildman–Crippen LogP) is 4.03. The summed E-state index contributed by atoms with van der Waals surface area (Å²) < 4.78 is 2.05. The van der Waals surface area contributed by atoms with Gasteiger partial charge in [0.2, 0.25) is 0 Å². The maximum Gasteiger partial charge on any atom is 0.0863 e. The number of rotatable bonds is 5. The lowest BCUT2D eigenvalue weighted by atomic mass is 9.80. The van der Waals surface area contributed by atoms with Gasteiger partial charge in [-0.05, 0) is 44.4 Å². The molecular formula is C16H28ClN3. The molecule has 3 unspecified atom stereocenters. The maximum atomic E-state index is 6.46. The maximum absolute atomic E-state index is 6.46. The highest BCUT2D eigenvalue weighted by atomic mass is 35.5. The van der Waals surface area contributed by atoms with Gasteiger partial charge in [-0.3, -0.25) is 4.68 Å². The van der Waals surface area contributed by atoms with Gasteiger partial charge in [0.25, 0.3) is 0 Å². The second-order valence-electron chi connectivity index (χ2n) is 6.26. The lowest BCUT2D eigenvalue weighted by molar-refractivity contribution is 0.226. The van der Waals surface area contributed by atoms with E-state index in [2.05, 4.69) is 38.1 Å². The molecule has 4 heteroatoms. The fourth-order valence-electron chi connectivity index (χ4n) is 3.38. The van der Waals surface area contributed by atoms with E-state index in [9.17, 15) is 0 Å². The third-order valence-electron chi connectivity index (χ3n) is 4.66. The fraction of sp³-hybridized carbons (Fsp3) is 0.812. The molecule has 114 valence electrons. The zero-order chi connectivity index (χ0) is 14.7. The van der Waals surface area contributed by atoms with Gasteiger partial charge in [-0.2, -0.15) is 5.10 Å². The van der Waals surface area contributed by atoms with E-state index in [1.165, 1.54) is 19.3 Å². The van der Waals surface area contributed by atoms with E-state index in [0.29, 0.717) is 6.04 Å². The van der Waals surface area contributed by atoms with Gasteiger partial charge >= 0.3 is 0 Å². The number of nitrogens with zero attached hydrogens (tertiary/aromatic N) is 2. The van der Waals surface area contributed by atoms with Crippen molar-refractivity contribution in [1.29, 1.82) is 0 Å². The van der Waals surface area contributed by atoms with Crippen molar-refractivity contribution in [2.24, 2.45) is 11.8 Å².